The lowest BCUT2D eigenvalue weighted by Crippen LogP contribution is -2.19. The van der Waals surface area contributed by atoms with Crippen LogP contribution >= 0.6 is 47.8 Å². The Bertz CT molecular complexity index is 3390. The number of primary amides is 1. The standard InChI is InChI=1S/C17H12N4O3.C10H8BrN3O3.C10H6BrN3O2.C5H4BrNO3/c1-9-13(10-4-6-11(7-5-10)15(18)22)14(21-24-9)17-20-12-3-2-8-19-16(12)23-17;1-5-7(11)8(14-17-5)10(16)13-6-3-2-4-12-9(6)15;1-5-7(11)8(14-16-5)10-13-6-3-2-4-12-9(6)15-10;1-2-3(6)4(5(8)9)7-10-2/h2-8H,1H3,(H2,18,22);2-4H,1H3,(H,12,15)(H,13,16);2-4H,1H3;1H3,(H,8,9). The first-order chi connectivity index (χ1) is 32.1. The van der Waals surface area contributed by atoms with Crippen LogP contribution in [0.2, 0.25) is 0 Å². The van der Waals surface area contributed by atoms with Gasteiger partial charge in [0, 0.05) is 24.2 Å². The molecule has 25 heteroatoms. The van der Waals surface area contributed by atoms with E-state index in [4.69, 9.17) is 33.2 Å². The highest BCUT2D eigenvalue weighted by atomic mass is 79.9. The van der Waals surface area contributed by atoms with E-state index < -0.39 is 17.8 Å². The number of hydrogen-bond donors (Lipinski definition) is 4. The number of carboxylic acid groups (broad SMARTS) is 1. The molecule has 10 rings (SSSR count). The number of hydrogen-bond acceptors (Lipinski definition) is 18. The molecule has 0 saturated heterocycles. The number of H-pyrrole nitrogens is 1. The fourth-order valence-electron chi connectivity index (χ4n) is 5.59. The average Bonchev–Trinajstić information content (AvgIpc) is 4.19. The number of fused-ring (bicyclic) bond motifs is 2. The summed E-state index contributed by atoms with van der Waals surface area (Å²) in [6.07, 6.45) is 4.77. The van der Waals surface area contributed by atoms with Gasteiger partial charge in [-0.25, -0.2) is 24.7 Å². The van der Waals surface area contributed by atoms with Crippen molar-refractivity contribution in [3.05, 3.63) is 143 Å². The molecular formula is C42H30Br3N11O11. The van der Waals surface area contributed by atoms with Crippen LogP contribution in [0.1, 0.15) is 54.4 Å². The number of nitrogens with zero attached hydrogens (tertiary/aromatic N) is 8. The van der Waals surface area contributed by atoms with Gasteiger partial charge >= 0.3 is 5.97 Å². The van der Waals surface area contributed by atoms with Gasteiger partial charge in [0.2, 0.25) is 23.0 Å². The Hall–Kier alpha value is -7.90. The van der Waals surface area contributed by atoms with Crippen LogP contribution in [0.3, 0.4) is 0 Å². The van der Waals surface area contributed by atoms with Gasteiger partial charge in [0.1, 0.15) is 39.8 Å². The Morgan fingerprint density at radius 2 is 1.18 bits per heavy atom. The third-order valence-corrected chi connectivity index (χ3v) is 11.7. The molecule has 0 saturated carbocycles. The van der Waals surface area contributed by atoms with Gasteiger partial charge in [-0.1, -0.05) is 32.8 Å². The maximum atomic E-state index is 11.8. The van der Waals surface area contributed by atoms with E-state index in [1.807, 2.05) is 19.1 Å². The Morgan fingerprint density at radius 1 is 0.657 bits per heavy atom. The third kappa shape index (κ3) is 10.6. The van der Waals surface area contributed by atoms with Crippen LogP contribution in [-0.2, 0) is 0 Å². The summed E-state index contributed by atoms with van der Waals surface area (Å²) >= 11 is 9.56. The summed E-state index contributed by atoms with van der Waals surface area (Å²) in [6.45, 7) is 6.91. The zero-order chi connectivity index (χ0) is 47.9. The molecule has 5 N–H and O–H groups in total. The monoisotopic (exact) mass is 1100 g/mol. The molecule has 0 aliphatic carbocycles. The molecule has 9 heterocycles. The molecule has 22 nitrogen and oxygen atoms in total. The van der Waals surface area contributed by atoms with Crippen molar-refractivity contribution < 1.29 is 46.4 Å². The van der Waals surface area contributed by atoms with Crippen molar-refractivity contribution in [3.63, 3.8) is 0 Å². The molecule has 0 atom stereocenters. The largest absolute Gasteiger partial charge is 0.476 e. The van der Waals surface area contributed by atoms with Crippen molar-refractivity contribution >= 4 is 93.7 Å². The van der Waals surface area contributed by atoms with E-state index >= 15 is 0 Å². The minimum Gasteiger partial charge on any atom is -0.476 e. The number of anilines is 1. The van der Waals surface area contributed by atoms with E-state index in [9.17, 15) is 19.2 Å². The van der Waals surface area contributed by atoms with Gasteiger partial charge in [0.05, 0.1) is 19.0 Å². The Balaban J connectivity index is 0.000000138. The number of aromatic amines is 1. The van der Waals surface area contributed by atoms with Crippen molar-refractivity contribution in [2.24, 2.45) is 5.73 Å². The predicted octanol–water partition coefficient (Wildman–Crippen LogP) is 9.03. The number of carbonyl (C=O) groups is 3. The minimum absolute atomic E-state index is 0.0856. The summed E-state index contributed by atoms with van der Waals surface area (Å²) in [4.78, 5) is 63.9. The molecule has 67 heavy (non-hydrogen) atoms. The van der Waals surface area contributed by atoms with Crippen molar-refractivity contribution in [3.8, 4) is 34.3 Å². The SMILES string of the molecule is Cc1onc(-c2nc3cccnc3o2)c1-c1ccc(C(N)=O)cc1.Cc1onc(-c2nc3cccnc3o2)c1Br.Cc1onc(C(=O)Nc2ccc[nH]c2=O)c1Br.Cc1onc(C(=O)O)c1Br. The number of aromatic carboxylic acids is 1. The second-order valence-electron chi connectivity index (χ2n) is 13.5. The summed E-state index contributed by atoms with van der Waals surface area (Å²) in [7, 11) is 0. The van der Waals surface area contributed by atoms with Crippen LogP contribution in [-0.4, -0.2) is 68.4 Å². The molecule has 0 aliphatic rings. The van der Waals surface area contributed by atoms with Crippen molar-refractivity contribution in [1.82, 2.24) is 45.5 Å². The van der Waals surface area contributed by atoms with Crippen molar-refractivity contribution in [1.29, 1.82) is 0 Å². The van der Waals surface area contributed by atoms with Crippen molar-refractivity contribution in [2.45, 2.75) is 27.7 Å². The maximum Gasteiger partial charge on any atom is 0.359 e. The van der Waals surface area contributed by atoms with Crippen LogP contribution in [0.4, 0.5) is 5.69 Å². The Kier molecular flexibility index (Phi) is 14.4. The molecule has 0 radical (unpaired) electrons. The van der Waals surface area contributed by atoms with Crippen LogP contribution in [0.25, 0.3) is 56.8 Å². The first-order valence-corrected chi connectivity index (χ1v) is 21.4. The molecule has 0 unspecified atom stereocenters. The number of amides is 2. The number of carboxylic acids is 1. The second-order valence-corrected chi connectivity index (χ2v) is 15.9. The molecule has 340 valence electrons. The average molecular weight is 1100 g/mol. The number of benzene rings is 1. The highest BCUT2D eigenvalue weighted by Gasteiger charge is 2.23. The summed E-state index contributed by atoms with van der Waals surface area (Å²) in [5.74, 6) is 0.918. The van der Waals surface area contributed by atoms with Crippen LogP contribution in [0, 0.1) is 27.7 Å². The molecule has 10 aromatic rings. The molecule has 0 bridgehead atoms. The topological polar surface area (TPSA) is 324 Å². The summed E-state index contributed by atoms with van der Waals surface area (Å²) in [5, 5.41) is 25.7. The van der Waals surface area contributed by atoms with E-state index in [1.165, 1.54) is 12.3 Å². The molecule has 0 aliphatic heterocycles. The van der Waals surface area contributed by atoms with Gasteiger partial charge in [0.25, 0.3) is 23.2 Å². The number of nitrogens with one attached hydrogen (secondary N) is 2. The van der Waals surface area contributed by atoms with Gasteiger partial charge in [-0.2, -0.15) is 0 Å². The number of aromatic nitrogens is 9. The summed E-state index contributed by atoms with van der Waals surface area (Å²) in [5.41, 5.74) is 10.4. The van der Waals surface area contributed by atoms with E-state index in [0.29, 0.717) is 83.2 Å². The number of aryl methyl sites for hydroxylation is 4. The van der Waals surface area contributed by atoms with Gasteiger partial charge in [0.15, 0.2) is 17.1 Å². The number of oxazole rings is 2. The molecular weight excluding hydrogens is 1070 g/mol. The second kappa shape index (κ2) is 20.5. The zero-order valence-electron chi connectivity index (χ0n) is 34.8. The highest BCUT2D eigenvalue weighted by molar-refractivity contribution is 9.11. The fourth-order valence-corrected chi connectivity index (χ4v) is 6.55. The van der Waals surface area contributed by atoms with Gasteiger partial charge in [-0.15, -0.1) is 0 Å². The summed E-state index contributed by atoms with van der Waals surface area (Å²) in [6, 6.07) is 17.2. The zero-order valence-corrected chi connectivity index (χ0v) is 39.6. The van der Waals surface area contributed by atoms with E-state index in [-0.39, 0.29) is 22.6 Å². The lowest BCUT2D eigenvalue weighted by molar-refractivity contribution is 0.0684. The molecule has 0 fully saturated rings. The maximum absolute atomic E-state index is 11.8. The van der Waals surface area contributed by atoms with E-state index in [0.717, 1.165) is 15.6 Å². The first kappa shape index (κ1) is 47.1. The number of rotatable bonds is 7. The van der Waals surface area contributed by atoms with Gasteiger partial charge in [-0.05, 0) is 130 Å². The quantitative estimate of drug-likeness (QED) is 0.116. The Morgan fingerprint density at radius 3 is 1.66 bits per heavy atom. The smallest absolute Gasteiger partial charge is 0.359 e. The predicted molar refractivity (Wildman–Crippen MR) is 246 cm³/mol. The Labute approximate surface area is 399 Å². The number of carbonyl (C=O) groups excluding carboxylic acids is 2. The number of pyridine rings is 3. The normalized spacial score (nSPS) is 10.7. The van der Waals surface area contributed by atoms with Crippen molar-refractivity contribution in [2.75, 3.05) is 5.32 Å². The summed E-state index contributed by atoms with van der Waals surface area (Å²) < 4.78 is 32.5. The molecule has 0 spiro atoms. The molecule has 1 aromatic carbocycles. The lowest BCUT2D eigenvalue weighted by Gasteiger charge is -2.02. The van der Waals surface area contributed by atoms with Crippen LogP contribution in [0.5, 0.6) is 0 Å². The van der Waals surface area contributed by atoms with E-state index in [1.54, 1.807) is 75.6 Å². The van der Waals surface area contributed by atoms with Crippen LogP contribution in [0.15, 0.2) is 124 Å². The highest BCUT2D eigenvalue weighted by Crippen LogP contribution is 2.35. The lowest BCUT2D eigenvalue weighted by atomic mass is 10.0. The molecule has 9 aromatic heterocycles. The number of halogens is 3. The minimum atomic E-state index is -1.09. The fraction of sp³-hybridized carbons (Fsp3) is 0.0952. The van der Waals surface area contributed by atoms with E-state index in [2.05, 4.69) is 103 Å². The first-order valence-electron chi connectivity index (χ1n) is 19.0. The molecule has 2 amide bonds. The van der Waals surface area contributed by atoms with Gasteiger partial charge in [-0.3, -0.25) is 14.4 Å². The third-order valence-electron chi connectivity index (χ3n) is 8.92. The van der Waals surface area contributed by atoms with Crippen LogP contribution < -0.4 is 16.6 Å². The van der Waals surface area contributed by atoms with Gasteiger partial charge < -0.3 is 48.1 Å². The number of nitrogens with two attached hydrogens (primary N) is 1.